The van der Waals surface area contributed by atoms with Crippen LogP contribution in [0.15, 0.2) is 24.3 Å². The summed E-state index contributed by atoms with van der Waals surface area (Å²) in [5, 5.41) is 0. The quantitative estimate of drug-likeness (QED) is 0.650. The lowest BCUT2D eigenvalue weighted by Gasteiger charge is -2.06. The van der Waals surface area contributed by atoms with Crippen molar-refractivity contribution in [2.24, 2.45) is 0 Å². The summed E-state index contributed by atoms with van der Waals surface area (Å²) in [7, 11) is 0. The number of ketones is 1. The number of carbonyl (C=O) groups excluding carboxylic acids is 1. The Labute approximate surface area is 77.5 Å². The van der Waals surface area contributed by atoms with E-state index in [0.29, 0.717) is 6.61 Å². The Kier molecular flexibility index (Phi) is 2.15. The molecule has 13 heavy (non-hydrogen) atoms. The average Bonchev–Trinajstić information content (AvgIpc) is 2.51. The summed E-state index contributed by atoms with van der Waals surface area (Å²) in [6, 6.07) is 8.06. The van der Waals surface area contributed by atoms with Crippen molar-refractivity contribution in [2.45, 2.75) is 12.8 Å². The Morgan fingerprint density at radius 1 is 1.46 bits per heavy atom. The van der Waals surface area contributed by atoms with Gasteiger partial charge >= 0.3 is 0 Å². The van der Waals surface area contributed by atoms with E-state index in [1.807, 2.05) is 25.1 Å². The first-order chi connectivity index (χ1) is 6.27. The third kappa shape index (κ3) is 1.63. The summed E-state index contributed by atoms with van der Waals surface area (Å²) in [6.45, 7) is 2.85. The smallest absolute Gasteiger partial charge is 0.168 e. The Hall–Kier alpha value is -1.15. The molecule has 0 radical (unpaired) electrons. The van der Waals surface area contributed by atoms with Gasteiger partial charge in [-0.15, -0.1) is 0 Å². The molecule has 1 heterocycles. The van der Waals surface area contributed by atoms with Crippen LogP contribution < -0.4 is 0 Å². The van der Waals surface area contributed by atoms with Gasteiger partial charge in [0.2, 0.25) is 0 Å². The third-order valence-electron chi connectivity index (χ3n) is 2.36. The van der Waals surface area contributed by atoms with Crippen LogP contribution in [0.2, 0.25) is 0 Å². The van der Waals surface area contributed by atoms with Crippen molar-refractivity contribution in [3.05, 3.63) is 35.4 Å². The molecular weight excluding hydrogens is 164 g/mol. The number of Topliss-reactive ketones (excluding diaryl/α,β-unsaturated/α-hetero) is 1. The molecule has 0 bridgehead atoms. The highest BCUT2D eigenvalue weighted by atomic mass is 16.5. The highest BCUT2D eigenvalue weighted by Crippen LogP contribution is 2.22. The molecule has 1 aliphatic heterocycles. The first-order valence-electron chi connectivity index (χ1n) is 4.44. The molecule has 2 nitrogen and oxygen atoms in total. The lowest BCUT2D eigenvalue weighted by molar-refractivity contribution is -0.118. The molecule has 0 saturated carbocycles. The third-order valence-corrected chi connectivity index (χ3v) is 2.36. The number of hydrogen-bond acceptors (Lipinski definition) is 2. The monoisotopic (exact) mass is 176 g/mol. The minimum Gasteiger partial charge on any atom is -0.373 e. The molecule has 1 fully saturated rings. The normalized spacial score (nSPS) is 22.2. The van der Waals surface area contributed by atoms with Crippen LogP contribution >= 0.6 is 0 Å². The number of ether oxygens (including phenoxy) is 1. The van der Waals surface area contributed by atoms with E-state index >= 15 is 0 Å². The molecule has 1 aliphatic rings. The number of benzene rings is 1. The van der Waals surface area contributed by atoms with E-state index in [2.05, 4.69) is 6.07 Å². The van der Waals surface area contributed by atoms with Crippen molar-refractivity contribution in [1.82, 2.24) is 0 Å². The maximum Gasteiger partial charge on any atom is 0.168 e. The molecule has 0 unspecified atom stereocenters. The summed E-state index contributed by atoms with van der Waals surface area (Å²) in [5.41, 5.74) is 2.28. The minimum absolute atomic E-state index is 0.0279. The van der Waals surface area contributed by atoms with Crippen molar-refractivity contribution >= 4 is 5.78 Å². The van der Waals surface area contributed by atoms with Gasteiger partial charge in [0, 0.05) is 0 Å². The molecule has 1 atom stereocenters. The maximum atomic E-state index is 11.4. The van der Waals surface area contributed by atoms with Crippen LogP contribution in [0.5, 0.6) is 0 Å². The standard InChI is InChI=1S/C11H12O2/c1-8-3-2-4-9(5-8)10-6-13-7-11(10)12/h2-5,10H,6-7H2,1H3/t10-/m1/s1. The zero-order valence-corrected chi connectivity index (χ0v) is 7.62. The molecule has 0 aliphatic carbocycles. The molecule has 0 amide bonds. The molecule has 68 valence electrons. The average molecular weight is 176 g/mol. The van der Waals surface area contributed by atoms with Gasteiger partial charge in [0.25, 0.3) is 0 Å². The predicted molar refractivity (Wildman–Crippen MR) is 49.7 cm³/mol. The molecule has 1 saturated heterocycles. The van der Waals surface area contributed by atoms with Crippen molar-refractivity contribution in [2.75, 3.05) is 13.2 Å². The van der Waals surface area contributed by atoms with Crippen LogP contribution in [-0.2, 0) is 9.53 Å². The van der Waals surface area contributed by atoms with E-state index < -0.39 is 0 Å². The van der Waals surface area contributed by atoms with Gasteiger partial charge < -0.3 is 4.74 Å². The molecule has 2 heteroatoms. The first-order valence-corrected chi connectivity index (χ1v) is 4.44. The summed E-state index contributed by atoms with van der Waals surface area (Å²) in [4.78, 5) is 11.4. The van der Waals surface area contributed by atoms with Crippen LogP contribution in [0.3, 0.4) is 0 Å². The van der Waals surface area contributed by atoms with Crippen molar-refractivity contribution in [1.29, 1.82) is 0 Å². The first kappa shape index (κ1) is 8.45. The zero-order chi connectivity index (χ0) is 9.26. The summed E-state index contributed by atoms with van der Waals surface area (Å²) >= 11 is 0. The highest BCUT2D eigenvalue weighted by Gasteiger charge is 2.26. The summed E-state index contributed by atoms with van der Waals surface area (Å²) in [6.07, 6.45) is 0. The second-order valence-electron chi connectivity index (χ2n) is 3.45. The summed E-state index contributed by atoms with van der Waals surface area (Å²) in [5.74, 6) is 0.172. The summed E-state index contributed by atoms with van der Waals surface area (Å²) < 4.78 is 5.11. The van der Waals surface area contributed by atoms with E-state index in [-0.39, 0.29) is 18.3 Å². The van der Waals surface area contributed by atoms with E-state index in [1.54, 1.807) is 0 Å². The fraction of sp³-hybridized carbons (Fsp3) is 0.364. The van der Waals surface area contributed by atoms with Crippen molar-refractivity contribution in [3.8, 4) is 0 Å². The zero-order valence-electron chi connectivity index (χ0n) is 7.62. The van der Waals surface area contributed by atoms with Gasteiger partial charge in [-0.1, -0.05) is 29.8 Å². The Morgan fingerprint density at radius 2 is 2.31 bits per heavy atom. The lowest BCUT2D eigenvalue weighted by atomic mass is 9.96. The Morgan fingerprint density at radius 3 is 2.92 bits per heavy atom. The van der Waals surface area contributed by atoms with Crippen molar-refractivity contribution < 1.29 is 9.53 Å². The van der Waals surface area contributed by atoms with Crippen LogP contribution in [0, 0.1) is 6.92 Å². The second kappa shape index (κ2) is 3.30. The van der Waals surface area contributed by atoms with Gasteiger partial charge in [0.15, 0.2) is 5.78 Å². The van der Waals surface area contributed by atoms with Gasteiger partial charge in [-0.2, -0.15) is 0 Å². The van der Waals surface area contributed by atoms with Crippen LogP contribution in [0.1, 0.15) is 17.0 Å². The molecule has 1 aromatic rings. The van der Waals surface area contributed by atoms with Gasteiger partial charge in [0.05, 0.1) is 12.5 Å². The van der Waals surface area contributed by atoms with E-state index in [9.17, 15) is 4.79 Å². The van der Waals surface area contributed by atoms with E-state index in [1.165, 1.54) is 5.56 Å². The van der Waals surface area contributed by atoms with E-state index in [0.717, 1.165) is 5.56 Å². The number of hydrogen-bond donors (Lipinski definition) is 0. The van der Waals surface area contributed by atoms with Crippen LogP contribution in [-0.4, -0.2) is 19.0 Å². The number of aryl methyl sites for hydroxylation is 1. The highest BCUT2D eigenvalue weighted by molar-refractivity contribution is 5.88. The van der Waals surface area contributed by atoms with Gasteiger partial charge in [0.1, 0.15) is 6.61 Å². The fourth-order valence-electron chi connectivity index (χ4n) is 1.64. The molecule has 2 rings (SSSR count). The van der Waals surface area contributed by atoms with Crippen LogP contribution in [0.4, 0.5) is 0 Å². The van der Waals surface area contributed by atoms with E-state index in [4.69, 9.17) is 4.74 Å². The largest absolute Gasteiger partial charge is 0.373 e. The fourth-order valence-corrected chi connectivity index (χ4v) is 1.64. The molecule has 0 N–H and O–H groups in total. The molecular formula is C11H12O2. The second-order valence-corrected chi connectivity index (χ2v) is 3.45. The number of carbonyl (C=O) groups is 1. The Bertz CT molecular complexity index is 331. The predicted octanol–water partition coefficient (Wildman–Crippen LogP) is 1.68. The van der Waals surface area contributed by atoms with Gasteiger partial charge in [-0.3, -0.25) is 4.79 Å². The molecule has 0 aromatic heterocycles. The maximum absolute atomic E-state index is 11.4. The van der Waals surface area contributed by atoms with Gasteiger partial charge in [-0.05, 0) is 12.5 Å². The van der Waals surface area contributed by atoms with Gasteiger partial charge in [-0.25, -0.2) is 0 Å². The lowest BCUT2D eigenvalue weighted by Crippen LogP contribution is -2.08. The molecule has 1 aromatic carbocycles. The Balaban J connectivity index is 2.29. The van der Waals surface area contributed by atoms with Crippen molar-refractivity contribution in [3.63, 3.8) is 0 Å². The topological polar surface area (TPSA) is 26.3 Å². The number of rotatable bonds is 1. The SMILES string of the molecule is Cc1cccc([C@H]2COCC2=O)c1. The van der Waals surface area contributed by atoms with Crippen LogP contribution in [0.25, 0.3) is 0 Å². The minimum atomic E-state index is -0.0279. The molecule has 0 spiro atoms.